The topological polar surface area (TPSA) is 79.8 Å². The highest BCUT2D eigenvalue weighted by molar-refractivity contribution is 9.10. The Balaban J connectivity index is 1.82. The second-order valence-corrected chi connectivity index (χ2v) is 7.69. The Hall–Kier alpha value is -2.09. The fraction of sp³-hybridized carbons (Fsp3) is 0.250. The summed E-state index contributed by atoms with van der Waals surface area (Å²) in [5.74, 6) is 0.00960. The van der Waals surface area contributed by atoms with Crippen molar-refractivity contribution in [3.8, 4) is 5.75 Å². The van der Waals surface area contributed by atoms with Gasteiger partial charge in [-0.15, -0.1) is 0 Å². The van der Waals surface area contributed by atoms with Crippen LogP contribution in [0.2, 0.25) is 10.0 Å². The molecular formula is C20H20BrCl2N3O3. The van der Waals surface area contributed by atoms with Gasteiger partial charge in [0.1, 0.15) is 5.75 Å². The lowest BCUT2D eigenvalue weighted by molar-refractivity contribution is -0.120. The van der Waals surface area contributed by atoms with Gasteiger partial charge in [0.15, 0.2) is 0 Å². The third kappa shape index (κ3) is 7.68. The van der Waals surface area contributed by atoms with E-state index in [0.29, 0.717) is 28.0 Å². The fourth-order valence-electron chi connectivity index (χ4n) is 2.22. The minimum Gasteiger partial charge on any atom is -0.493 e. The summed E-state index contributed by atoms with van der Waals surface area (Å²) in [6, 6.07) is 10.1. The maximum Gasteiger partial charge on any atom is 0.251 e. The molecule has 0 bridgehead atoms. The largest absolute Gasteiger partial charge is 0.493 e. The fourth-order valence-corrected chi connectivity index (χ4v) is 2.90. The number of ether oxygens (including phenoxy) is 1. The molecule has 0 aliphatic carbocycles. The van der Waals surface area contributed by atoms with E-state index < -0.39 is 0 Å². The number of hydrogen-bond acceptors (Lipinski definition) is 4. The minimum absolute atomic E-state index is 0.0715. The van der Waals surface area contributed by atoms with Crippen molar-refractivity contribution in [1.29, 1.82) is 0 Å². The van der Waals surface area contributed by atoms with Crippen LogP contribution in [0.15, 0.2) is 46.0 Å². The number of carbonyl (C=O) groups excluding carboxylic acids is 2. The van der Waals surface area contributed by atoms with Crippen LogP contribution in [-0.4, -0.2) is 31.2 Å². The Morgan fingerprint density at radius 2 is 1.97 bits per heavy atom. The van der Waals surface area contributed by atoms with Crippen molar-refractivity contribution in [2.24, 2.45) is 5.10 Å². The van der Waals surface area contributed by atoms with Gasteiger partial charge in [-0.05, 0) is 42.8 Å². The molecule has 0 saturated heterocycles. The lowest BCUT2D eigenvalue weighted by Gasteiger charge is -2.08. The van der Waals surface area contributed by atoms with Crippen LogP contribution in [0.1, 0.15) is 35.7 Å². The predicted octanol–water partition coefficient (Wildman–Crippen LogP) is 4.81. The Kier molecular flexibility index (Phi) is 9.44. The highest BCUT2D eigenvalue weighted by atomic mass is 79.9. The molecule has 0 atom stereocenters. The molecule has 0 fully saturated rings. The van der Waals surface area contributed by atoms with Crippen LogP contribution in [-0.2, 0) is 4.79 Å². The van der Waals surface area contributed by atoms with Crippen LogP contribution in [0.3, 0.4) is 0 Å². The van der Waals surface area contributed by atoms with Crippen molar-refractivity contribution >= 4 is 57.2 Å². The lowest BCUT2D eigenvalue weighted by atomic mass is 10.2. The van der Waals surface area contributed by atoms with Crippen LogP contribution < -0.4 is 15.5 Å². The Bertz CT molecular complexity index is 907. The molecule has 2 N–H and O–H groups in total. The van der Waals surface area contributed by atoms with Gasteiger partial charge < -0.3 is 10.1 Å². The second-order valence-electron chi connectivity index (χ2n) is 5.96. The molecule has 2 aromatic carbocycles. The van der Waals surface area contributed by atoms with Gasteiger partial charge in [-0.3, -0.25) is 9.59 Å². The summed E-state index contributed by atoms with van der Waals surface area (Å²) in [4.78, 5) is 24.0. The Labute approximate surface area is 187 Å². The summed E-state index contributed by atoms with van der Waals surface area (Å²) < 4.78 is 6.53. The molecule has 6 nitrogen and oxygen atoms in total. The van der Waals surface area contributed by atoms with Crippen molar-refractivity contribution in [2.75, 3.05) is 13.2 Å². The van der Waals surface area contributed by atoms with Gasteiger partial charge in [-0.25, -0.2) is 5.43 Å². The number of nitrogens with one attached hydrogen (secondary N) is 2. The molecule has 0 unspecified atom stereocenters. The van der Waals surface area contributed by atoms with Gasteiger partial charge in [0.2, 0.25) is 5.91 Å². The van der Waals surface area contributed by atoms with Crippen molar-refractivity contribution < 1.29 is 14.3 Å². The number of nitrogens with zero attached hydrogens (tertiary/aromatic N) is 1. The summed E-state index contributed by atoms with van der Waals surface area (Å²) in [5, 5.41) is 7.27. The van der Waals surface area contributed by atoms with E-state index >= 15 is 0 Å². The van der Waals surface area contributed by atoms with Gasteiger partial charge in [-0.1, -0.05) is 46.1 Å². The summed E-state index contributed by atoms with van der Waals surface area (Å²) in [6.45, 7) is 2.77. The molecule has 0 radical (unpaired) electrons. The third-order valence-corrected chi connectivity index (χ3v) is 4.88. The maximum absolute atomic E-state index is 12.1. The highest BCUT2D eigenvalue weighted by Gasteiger charge is 2.09. The van der Waals surface area contributed by atoms with Gasteiger partial charge in [0.25, 0.3) is 5.91 Å². The molecule has 0 heterocycles. The van der Waals surface area contributed by atoms with E-state index in [9.17, 15) is 9.59 Å². The van der Waals surface area contributed by atoms with Crippen molar-refractivity contribution in [2.45, 2.75) is 19.8 Å². The summed E-state index contributed by atoms with van der Waals surface area (Å²) in [6.07, 6.45) is 2.47. The summed E-state index contributed by atoms with van der Waals surface area (Å²) in [5.41, 5.74) is 3.54. The first-order chi connectivity index (χ1) is 13.9. The molecule has 2 amide bonds. The number of carbonyl (C=O) groups is 2. The zero-order valence-corrected chi connectivity index (χ0v) is 18.8. The molecule has 0 aliphatic rings. The zero-order chi connectivity index (χ0) is 21.2. The summed E-state index contributed by atoms with van der Waals surface area (Å²) >= 11 is 15.1. The molecule has 2 aromatic rings. The molecule has 0 spiro atoms. The number of hydrogen-bond donors (Lipinski definition) is 2. The quantitative estimate of drug-likeness (QED) is 0.382. The van der Waals surface area contributed by atoms with Crippen molar-refractivity contribution in [3.05, 3.63) is 62.0 Å². The maximum atomic E-state index is 12.1. The highest BCUT2D eigenvalue weighted by Crippen LogP contribution is 2.23. The van der Waals surface area contributed by atoms with Gasteiger partial charge in [-0.2, -0.15) is 5.10 Å². The monoisotopic (exact) mass is 499 g/mol. The average molecular weight is 501 g/mol. The first-order valence-corrected chi connectivity index (χ1v) is 10.4. The molecule has 0 aromatic heterocycles. The van der Waals surface area contributed by atoms with Crippen molar-refractivity contribution in [1.82, 2.24) is 10.7 Å². The Morgan fingerprint density at radius 3 is 2.69 bits per heavy atom. The average Bonchev–Trinajstić information content (AvgIpc) is 2.69. The molecule has 9 heteroatoms. The number of rotatable bonds is 9. The smallest absolute Gasteiger partial charge is 0.251 e. The third-order valence-electron chi connectivity index (χ3n) is 3.65. The van der Waals surface area contributed by atoms with E-state index in [4.69, 9.17) is 27.9 Å². The standard InChI is InChI=1S/C20H20BrCl2N3O3/c1-2-9-29-18-6-4-15(21)10-14(18)12-25-26-19(27)7-8-24-20(28)13-3-5-16(22)17(23)11-13/h3-6,10-12H,2,7-9H2,1H3,(H,24,28)(H,26,27). The zero-order valence-electron chi connectivity index (χ0n) is 15.7. The molecule has 154 valence electrons. The minimum atomic E-state index is -0.341. The molecule has 0 saturated carbocycles. The SMILES string of the molecule is CCCOc1ccc(Br)cc1C=NNC(=O)CCNC(=O)c1ccc(Cl)c(Cl)c1. The van der Waals surface area contributed by atoms with Gasteiger partial charge in [0, 0.05) is 28.6 Å². The molecule has 0 aliphatic heterocycles. The second kappa shape index (κ2) is 11.8. The van der Waals surface area contributed by atoms with E-state index in [0.717, 1.165) is 16.5 Å². The number of amides is 2. The van der Waals surface area contributed by atoms with E-state index in [-0.39, 0.29) is 24.8 Å². The van der Waals surface area contributed by atoms with Crippen LogP contribution in [0, 0.1) is 0 Å². The predicted molar refractivity (Wildman–Crippen MR) is 119 cm³/mol. The lowest BCUT2D eigenvalue weighted by Crippen LogP contribution is -2.29. The molecule has 2 rings (SSSR count). The van der Waals surface area contributed by atoms with Gasteiger partial charge in [0.05, 0.1) is 22.9 Å². The molecular weight excluding hydrogens is 481 g/mol. The first-order valence-electron chi connectivity index (χ1n) is 8.88. The first kappa shape index (κ1) is 23.2. The van der Waals surface area contributed by atoms with E-state index in [2.05, 4.69) is 31.8 Å². The van der Waals surface area contributed by atoms with Crippen LogP contribution in [0.5, 0.6) is 5.75 Å². The number of hydrazone groups is 1. The normalized spacial score (nSPS) is 10.8. The van der Waals surface area contributed by atoms with Crippen LogP contribution in [0.25, 0.3) is 0 Å². The summed E-state index contributed by atoms with van der Waals surface area (Å²) in [7, 11) is 0. The Morgan fingerprint density at radius 1 is 1.17 bits per heavy atom. The van der Waals surface area contributed by atoms with Gasteiger partial charge >= 0.3 is 0 Å². The van der Waals surface area contributed by atoms with Crippen LogP contribution in [0.4, 0.5) is 0 Å². The van der Waals surface area contributed by atoms with E-state index in [1.54, 1.807) is 12.1 Å². The number of halogens is 3. The van der Waals surface area contributed by atoms with E-state index in [1.807, 2.05) is 25.1 Å². The molecule has 29 heavy (non-hydrogen) atoms. The number of benzene rings is 2. The van der Waals surface area contributed by atoms with Crippen LogP contribution >= 0.6 is 39.1 Å². The van der Waals surface area contributed by atoms with E-state index in [1.165, 1.54) is 12.3 Å². The van der Waals surface area contributed by atoms with Crippen molar-refractivity contribution in [3.63, 3.8) is 0 Å².